The van der Waals surface area contributed by atoms with Gasteiger partial charge in [0.15, 0.2) is 0 Å². The summed E-state index contributed by atoms with van der Waals surface area (Å²) in [5.41, 5.74) is 0.291. The molecule has 20 heavy (non-hydrogen) atoms. The second kappa shape index (κ2) is 6.50. The molecule has 1 aromatic heterocycles. The van der Waals surface area contributed by atoms with Crippen molar-refractivity contribution < 1.29 is 19.5 Å². The number of carbonyl (C=O) groups is 3. The largest absolute Gasteiger partial charge is 0.478 e. The Morgan fingerprint density at radius 3 is 2.45 bits per heavy atom. The van der Waals surface area contributed by atoms with E-state index in [-0.39, 0.29) is 11.1 Å². The number of nitrogens with one attached hydrogen (secondary N) is 2. The molecule has 0 radical (unpaired) electrons. The summed E-state index contributed by atoms with van der Waals surface area (Å²) in [6, 6.07) is -0.747. The van der Waals surface area contributed by atoms with Crippen LogP contribution in [0.5, 0.6) is 0 Å². The summed E-state index contributed by atoms with van der Waals surface area (Å²) >= 11 is 0. The average molecular weight is 280 g/mol. The Kier molecular flexibility index (Phi) is 5.01. The van der Waals surface area contributed by atoms with E-state index in [0.717, 1.165) is 0 Å². The first-order chi connectivity index (χ1) is 9.35. The fraction of sp³-hybridized carbons (Fsp3) is 0.333. The van der Waals surface area contributed by atoms with Gasteiger partial charge in [0.2, 0.25) is 0 Å². The van der Waals surface area contributed by atoms with E-state index in [2.05, 4.69) is 10.4 Å². The third-order valence-corrected chi connectivity index (χ3v) is 2.67. The highest BCUT2D eigenvalue weighted by atomic mass is 16.4. The summed E-state index contributed by atoms with van der Waals surface area (Å²) in [5.74, 6) is -1.97. The number of imide groups is 1. The van der Waals surface area contributed by atoms with Gasteiger partial charge in [-0.25, -0.2) is 9.59 Å². The molecule has 3 amide bonds. The van der Waals surface area contributed by atoms with Crippen LogP contribution in [-0.2, 0) is 16.1 Å². The number of amides is 3. The SMILES string of the molecule is CCn1cc(NC(=O)NC(=O)C(C)=C(C)C(=O)O)cn1. The van der Waals surface area contributed by atoms with E-state index in [4.69, 9.17) is 5.11 Å². The standard InChI is InChI=1S/C12H16N4O4/c1-4-16-6-9(5-13-16)14-12(20)15-10(17)7(2)8(3)11(18)19/h5-6H,4H2,1-3H3,(H,18,19)(H2,14,15,17,20). The Balaban J connectivity index is 2.65. The van der Waals surface area contributed by atoms with Crippen LogP contribution in [0, 0.1) is 0 Å². The van der Waals surface area contributed by atoms with Crippen molar-refractivity contribution in [1.82, 2.24) is 15.1 Å². The molecule has 0 saturated carbocycles. The van der Waals surface area contributed by atoms with Crippen molar-refractivity contribution in [3.05, 3.63) is 23.5 Å². The van der Waals surface area contributed by atoms with Gasteiger partial charge in [-0.15, -0.1) is 0 Å². The molecule has 3 N–H and O–H groups in total. The maximum Gasteiger partial charge on any atom is 0.331 e. The van der Waals surface area contributed by atoms with E-state index in [1.165, 1.54) is 20.0 Å². The molecule has 0 atom stereocenters. The lowest BCUT2D eigenvalue weighted by atomic mass is 10.1. The van der Waals surface area contributed by atoms with Crippen molar-refractivity contribution in [3.63, 3.8) is 0 Å². The third kappa shape index (κ3) is 3.94. The van der Waals surface area contributed by atoms with E-state index in [9.17, 15) is 14.4 Å². The van der Waals surface area contributed by atoms with Crippen molar-refractivity contribution in [2.45, 2.75) is 27.3 Å². The van der Waals surface area contributed by atoms with Crippen LogP contribution in [-0.4, -0.2) is 32.8 Å². The number of hydrogen-bond acceptors (Lipinski definition) is 4. The molecule has 8 nitrogen and oxygen atoms in total. The summed E-state index contributed by atoms with van der Waals surface area (Å²) in [7, 11) is 0. The molecular formula is C12H16N4O4. The Labute approximate surface area is 115 Å². The fourth-order valence-corrected chi connectivity index (χ4v) is 1.29. The van der Waals surface area contributed by atoms with Crippen LogP contribution >= 0.6 is 0 Å². The van der Waals surface area contributed by atoms with E-state index in [1.54, 1.807) is 10.9 Å². The van der Waals surface area contributed by atoms with Gasteiger partial charge in [-0.2, -0.15) is 5.10 Å². The molecule has 0 aliphatic heterocycles. The smallest absolute Gasteiger partial charge is 0.331 e. The van der Waals surface area contributed by atoms with Crippen LogP contribution in [0.2, 0.25) is 0 Å². The zero-order valence-corrected chi connectivity index (χ0v) is 11.4. The number of aromatic nitrogens is 2. The second-order valence-electron chi connectivity index (χ2n) is 4.05. The van der Waals surface area contributed by atoms with Gasteiger partial charge in [-0.3, -0.25) is 14.8 Å². The molecule has 8 heteroatoms. The molecule has 0 spiro atoms. The minimum absolute atomic E-state index is 0.0306. The zero-order chi connectivity index (χ0) is 15.3. The molecule has 0 aliphatic carbocycles. The highest BCUT2D eigenvalue weighted by Crippen LogP contribution is 2.06. The summed E-state index contributed by atoms with van der Waals surface area (Å²) in [6.45, 7) is 5.17. The molecule has 0 unspecified atom stereocenters. The Morgan fingerprint density at radius 1 is 1.30 bits per heavy atom. The second-order valence-corrected chi connectivity index (χ2v) is 4.05. The van der Waals surface area contributed by atoms with Gasteiger partial charge in [0.05, 0.1) is 11.9 Å². The number of anilines is 1. The van der Waals surface area contributed by atoms with E-state index < -0.39 is 17.9 Å². The van der Waals surface area contributed by atoms with Gasteiger partial charge in [0.25, 0.3) is 5.91 Å². The number of carboxylic acid groups (broad SMARTS) is 1. The van der Waals surface area contributed by atoms with Gasteiger partial charge in [-0.1, -0.05) is 0 Å². The number of aryl methyl sites for hydroxylation is 1. The number of aliphatic carboxylic acids is 1. The molecular weight excluding hydrogens is 264 g/mol. The number of carboxylic acids is 1. The van der Waals surface area contributed by atoms with Crippen molar-refractivity contribution >= 4 is 23.6 Å². The Morgan fingerprint density at radius 2 is 1.95 bits per heavy atom. The first-order valence-corrected chi connectivity index (χ1v) is 5.90. The Bertz CT molecular complexity index is 574. The highest BCUT2D eigenvalue weighted by Gasteiger charge is 2.15. The molecule has 0 saturated heterocycles. The number of nitrogens with zero attached hydrogens (tertiary/aromatic N) is 2. The molecule has 1 aromatic rings. The lowest BCUT2D eigenvalue weighted by Crippen LogP contribution is -2.35. The van der Waals surface area contributed by atoms with Crippen molar-refractivity contribution in [3.8, 4) is 0 Å². The number of hydrogen-bond donors (Lipinski definition) is 3. The lowest BCUT2D eigenvalue weighted by molar-refractivity contribution is -0.133. The Hall–Kier alpha value is -2.64. The first-order valence-electron chi connectivity index (χ1n) is 5.90. The molecule has 1 rings (SSSR count). The zero-order valence-electron chi connectivity index (χ0n) is 11.4. The first kappa shape index (κ1) is 15.4. The predicted molar refractivity (Wildman–Crippen MR) is 71.1 cm³/mol. The van der Waals surface area contributed by atoms with Crippen molar-refractivity contribution in [2.24, 2.45) is 0 Å². The van der Waals surface area contributed by atoms with E-state index >= 15 is 0 Å². The molecule has 0 aliphatic rings. The summed E-state index contributed by atoms with van der Waals surface area (Å²) in [4.78, 5) is 33.9. The number of carbonyl (C=O) groups excluding carboxylic acids is 2. The van der Waals surface area contributed by atoms with Crippen LogP contribution in [0.1, 0.15) is 20.8 Å². The molecule has 0 bridgehead atoms. The van der Waals surface area contributed by atoms with Gasteiger partial charge in [0, 0.05) is 23.9 Å². The number of rotatable bonds is 4. The third-order valence-electron chi connectivity index (χ3n) is 2.67. The van der Waals surface area contributed by atoms with Crippen LogP contribution < -0.4 is 10.6 Å². The molecule has 1 heterocycles. The maximum absolute atomic E-state index is 11.6. The topological polar surface area (TPSA) is 113 Å². The monoisotopic (exact) mass is 280 g/mol. The summed E-state index contributed by atoms with van der Waals surface area (Å²) in [6.07, 6.45) is 3.05. The van der Waals surface area contributed by atoms with E-state index in [0.29, 0.717) is 12.2 Å². The molecule has 0 fully saturated rings. The summed E-state index contributed by atoms with van der Waals surface area (Å²) in [5, 5.41) is 17.2. The minimum atomic E-state index is -1.21. The van der Waals surface area contributed by atoms with Crippen LogP contribution in [0.25, 0.3) is 0 Å². The van der Waals surface area contributed by atoms with Gasteiger partial charge >= 0.3 is 12.0 Å². The molecule has 108 valence electrons. The highest BCUT2D eigenvalue weighted by molar-refractivity contribution is 6.10. The lowest BCUT2D eigenvalue weighted by Gasteiger charge is -2.06. The van der Waals surface area contributed by atoms with Gasteiger partial charge in [-0.05, 0) is 20.8 Å². The van der Waals surface area contributed by atoms with Crippen LogP contribution in [0.4, 0.5) is 10.5 Å². The van der Waals surface area contributed by atoms with E-state index in [1.807, 2.05) is 12.2 Å². The average Bonchev–Trinajstić information content (AvgIpc) is 2.84. The molecule has 0 aromatic carbocycles. The van der Waals surface area contributed by atoms with Crippen LogP contribution in [0.3, 0.4) is 0 Å². The summed E-state index contributed by atoms with van der Waals surface area (Å²) < 4.78 is 1.61. The number of urea groups is 1. The van der Waals surface area contributed by atoms with Gasteiger partial charge in [0.1, 0.15) is 0 Å². The normalized spacial score (nSPS) is 11.6. The van der Waals surface area contributed by atoms with Crippen LogP contribution in [0.15, 0.2) is 23.5 Å². The quantitative estimate of drug-likeness (QED) is 0.711. The van der Waals surface area contributed by atoms with Crippen molar-refractivity contribution in [1.29, 1.82) is 0 Å². The minimum Gasteiger partial charge on any atom is -0.478 e. The fourth-order valence-electron chi connectivity index (χ4n) is 1.29. The van der Waals surface area contributed by atoms with Gasteiger partial charge < -0.3 is 10.4 Å². The predicted octanol–water partition coefficient (Wildman–Crippen LogP) is 0.972. The maximum atomic E-state index is 11.6. The van der Waals surface area contributed by atoms with Crippen molar-refractivity contribution in [2.75, 3.05) is 5.32 Å².